The number of nitrogens with zero attached hydrogens (tertiary/aromatic N) is 3. The predicted molar refractivity (Wildman–Crippen MR) is 114 cm³/mol. The lowest BCUT2D eigenvalue weighted by molar-refractivity contribution is 0.0169. The lowest BCUT2D eigenvalue weighted by atomic mass is 9.87. The number of ether oxygens (including phenoxy) is 3. The molecule has 0 saturated carbocycles. The Morgan fingerprint density at radius 2 is 1.93 bits per heavy atom. The minimum atomic E-state index is 0.271. The number of rotatable bonds is 5. The van der Waals surface area contributed by atoms with Crippen LogP contribution < -0.4 is 10.1 Å². The van der Waals surface area contributed by atoms with Crippen molar-refractivity contribution < 1.29 is 14.2 Å². The second-order valence-corrected chi connectivity index (χ2v) is 8.34. The molecule has 160 valence electrons. The standard InChI is InChI=1S/C22H34N4O3/c1-23-21(26-9-7-22(16-26)8-12-29-17-22)24-15-20(25-10-13-28-14-11-25)18-3-5-19(27-2)6-4-18/h3-6,20H,7-17H2,1-2H3,(H,23,24). The maximum absolute atomic E-state index is 5.68. The van der Waals surface area contributed by atoms with Crippen molar-refractivity contribution in [1.29, 1.82) is 0 Å². The van der Waals surface area contributed by atoms with E-state index in [0.717, 1.165) is 70.9 Å². The smallest absolute Gasteiger partial charge is 0.193 e. The highest BCUT2D eigenvalue weighted by atomic mass is 16.5. The molecular weight excluding hydrogens is 368 g/mol. The van der Waals surface area contributed by atoms with Gasteiger partial charge >= 0.3 is 0 Å². The van der Waals surface area contributed by atoms with Crippen molar-refractivity contribution in [2.45, 2.75) is 18.9 Å². The van der Waals surface area contributed by atoms with Gasteiger partial charge in [0.1, 0.15) is 5.75 Å². The molecular formula is C22H34N4O3. The monoisotopic (exact) mass is 402 g/mol. The summed E-state index contributed by atoms with van der Waals surface area (Å²) in [5, 5.41) is 3.66. The van der Waals surface area contributed by atoms with Gasteiger partial charge in [0, 0.05) is 51.8 Å². The molecule has 2 unspecified atom stereocenters. The first-order chi connectivity index (χ1) is 14.2. The number of hydrogen-bond acceptors (Lipinski definition) is 5. The largest absolute Gasteiger partial charge is 0.497 e. The molecule has 3 heterocycles. The zero-order chi connectivity index (χ0) is 20.1. The van der Waals surface area contributed by atoms with Crippen molar-refractivity contribution in [2.24, 2.45) is 10.4 Å². The van der Waals surface area contributed by atoms with E-state index in [0.29, 0.717) is 5.41 Å². The first kappa shape index (κ1) is 20.4. The van der Waals surface area contributed by atoms with Crippen molar-refractivity contribution in [3.05, 3.63) is 29.8 Å². The molecule has 2 atom stereocenters. The Hall–Kier alpha value is -1.83. The summed E-state index contributed by atoms with van der Waals surface area (Å²) in [5.74, 6) is 1.89. The van der Waals surface area contributed by atoms with Crippen molar-refractivity contribution in [3.8, 4) is 5.75 Å². The molecule has 0 amide bonds. The topological polar surface area (TPSA) is 58.6 Å². The number of aliphatic imine (C=N–C) groups is 1. The van der Waals surface area contributed by atoms with Gasteiger partial charge in [-0.1, -0.05) is 12.1 Å². The Kier molecular flexibility index (Phi) is 6.57. The van der Waals surface area contributed by atoms with Crippen molar-refractivity contribution >= 4 is 5.96 Å². The van der Waals surface area contributed by atoms with Crippen LogP contribution in [-0.2, 0) is 9.47 Å². The highest BCUT2D eigenvalue weighted by Gasteiger charge is 2.42. The number of guanidine groups is 1. The fourth-order valence-corrected chi connectivity index (χ4v) is 4.78. The van der Waals surface area contributed by atoms with E-state index in [9.17, 15) is 0 Å². The molecule has 3 fully saturated rings. The molecule has 1 spiro atoms. The first-order valence-corrected chi connectivity index (χ1v) is 10.7. The first-order valence-electron chi connectivity index (χ1n) is 10.7. The lowest BCUT2D eigenvalue weighted by Gasteiger charge is -2.36. The van der Waals surface area contributed by atoms with Crippen molar-refractivity contribution in [2.75, 3.05) is 73.3 Å². The third-order valence-electron chi connectivity index (χ3n) is 6.58. The number of methoxy groups -OCH3 is 1. The SMILES string of the molecule is CN=C(NCC(c1ccc(OC)cc1)N1CCOCC1)N1CCC2(CCOC2)C1. The number of morpholine rings is 1. The summed E-state index contributed by atoms with van der Waals surface area (Å²) in [5.41, 5.74) is 1.62. The molecule has 1 aromatic rings. The third-order valence-corrected chi connectivity index (χ3v) is 6.58. The summed E-state index contributed by atoms with van der Waals surface area (Å²) in [7, 11) is 3.59. The highest BCUT2D eigenvalue weighted by molar-refractivity contribution is 5.80. The molecule has 7 heteroatoms. The van der Waals surface area contributed by atoms with E-state index in [1.165, 1.54) is 18.4 Å². The maximum Gasteiger partial charge on any atom is 0.193 e. The van der Waals surface area contributed by atoms with Crippen LogP contribution in [0.2, 0.25) is 0 Å². The molecule has 0 radical (unpaired) electrons. The van der Waals surface area contributed by atoms with Crippen LogP contribution in [0.5, 0.6) is 5.75 Å². The van der Waals surface area contributed by atoms with Gasteiger partial charge in [-0.15, -0.1) is 0 Å². The average Bonchev–Trinajstić information content (AvgIpc) is 3.42. The van der Waals surface area contributed by atoms with Gasteiger partial charge in [0.15, 0.2) is 5.96 Å². The summed E-state index contributed by atoms with van der Waals surface area (Å²) in [6.45, 7) is 8.16. The number of hydrogen-bond donors (Lipinski definition) is 1. The van der Waals surface area contributed by atoms with E-state index >= 15 is 0 Å². The second-order valence-electron chi connectivity index (χ2n) is 8.34. The summed E-state index contributed by atoms with van der Waals surface area (Å²) in [6, 6.07) is 8.70. The van der Waals surface area contributed by atoms with E-state index < -0.39 is 0 Å². The number of benzene rings is 1. The molecule has 29 heavy (non-hydrogen) atoms. The number of likely N-dealkylation sites (tertiary alicyclic amines) is 1. The third kappa shape index (κ3) is 4.68. The minimum Gasteiger partial charge on any atom is -0.497 e. The predicted octanol–water partition coefficient (Wildman–Crippen LogP) is 1.76. The lowest BCUT2D eigenvalue weighted by Crippen LogP contribution is -2.47. The van der Waals surface area contributed by atoms with Gasteiger partial charge in [0.25, 0.3) is 0 Å². The van der Waals surface area contributed by atoms with E-state index in [1.807, 2.05) is 19.2 Å². The highest BCUT2D eigenvalue weighted by Crippen LogP contribution is 2.38. The molecule has 4 rings (SSSR count). The second kappa shape index (κ2) is 9.32. The molecule has 7 nitrogen and oxygen atoms in total. The average molecular weight is 403 g/mol. The van der Waals surface area contributed by atoms with Crippen LogP contribution in [0.4, 0.5) is 0 Å². The van der Waals surface area contributed by atoms with Gasteiger partial charge in [-0.3, -0.25) is 9.89 Å². The van der Waals surface area contributed by atoms with Gasteiger partial charge in [-0.25, -0.2) is 0 Å². The van der Waals surface area contributed by atoms with Gasteiger partial charge in [-0.05, 0) is 30.5 Å². The van der Waals surface area contributed by atoms with Crippen LogP contribution in [0.1, 0.15) is 24.4 Å². The van der Waals surface area contributed by atoms with E-state index in [2.05, 4.69) is 32.2 Å². The summed E-state index contributed by atoms with van der Waals surface area (Å²) in [6.07, 6.45) is 2.36. The summed E-state index contributed by atoms with van der Waals surface area (Å²) in [4.78, 5) is 9.49. The van der Waals surface area contributed by atoms with Crippen molar-refractivity contribution in [3.63, 3.8) is 0 Å². The Balaban J connectivity index is 1.43. The van der Waals surface area contributed by atoms with Gasteiger partial charge < -0.3 is 24.4 Å². The zero-order valence-corrected chi connectivity index (χ0v) is 17.7. The molecule has 0 aromatic heterocycles. The van der Waals surface area contributed by atoms with E-state index in [-0.39, 0.29) is 6.04 Å². The molecule has 3 saturated heterocycles. The van der Waals surface area contributed by atoms with Crippen molar-refractivity contribution in [1.82, 2.24) is 15.1 Å². The Bertz CT molecular complexity index is 682. The minimum absolute atomic E-state index is 0.271. The summed E-state index contributed by atoms with van der Waals surface area (Å²) < 4.78 is 16.6. The Labute approximate surface area is 174 Å². The maximum atomic E-state index is 5.68. The molecule has 3 aliphatic rings. The Morgan fingerprint density at radius 1 is 1.14 bits per heavy atom. The molecule has 0 aliphatic carbocycles. The van der Waals surface area contributed by atoms with Gasteiger partial charge in [-0.2, -0.15) is 0 Å². The fourth-order valence-electron chi connectivity index (χ4n) is 4.78. The Morgan fingerprint density at radius 3 is 2.59 bits per heavy atom. The normalized spacial score (nSPS) is 26.8. The number of nitrogens with one attached hydrogen (secondary N) is 1. The van der Waals surface area contributed by atoms with Crippen LogP contribution in [0.3, 0.4) is 0 Å². The molecule has 0 bridgehead atoms. The fraction of sp³-hybridized carbons (Fsp3) is 0.682. The summed E-state index contributed by atoms with van der Waals surface area (Å²) >= 11 is 0. The molecule has 3 aliphatic heterocycles. The van der Waals surface area contributed by atoms with Crippen LogP contribution in [-0.4, -0.2) is 89.1 Å². The zero-order valence-electron chi connectivity index (χ0n) is 17.7. The van der Waals surface area contributed by atoms with E-state index in [4.69, 9.17) is 14.2 Å². The van der Waals surface area contributed by atoms with Crippen LogP contribution in [0, 0.1) is 5.41 Å². The van der Waals surface area contributed by atoms with E-state index in [1.54, 1.807) is 7.11 Å². The van der Waals surface area contributed by atoms with Crippen LogP contribution in [0.15, 0.2) is 29.3 Å². The molecule has 1 N–H and O–H groups in total. The quantitative estimate of drug-likeness (QED) is 0.598. The van der Waals surface area contributed by atoms with Crippen LogP contribution >= 0.6 is 0 Å². The van der Waals surface area contributed by atoms with Gasteiger partial charge in [0.2, 0.25) is 0 Å². The molecule has 1 aromatic carbocycles. The van der Waals surface area contributed by atoms with Gasteiger partial charge in [0.05, 0.1) is 33.0 Å². The van der Waals surface area contributed by atoms with Crippen LogP contribution in [0.25, 0.3) is 0 Å².